The van der Waals surface area contributed by atoms with Crippen LogP contribution >= 0.6 is 0 Å². The zero-order chi connectivity index (χ0) is 19.7. The van der Waals surface area contributed by atoms with Crippen molar-refractivity contribution in [3.63, 3.8) is 0 Å². The number of nitrogens with two attached hydrogens (primary N) is 1. The molecule has 8 nitrogen and oxygen atoms in total. The standard InChI is InChI=1S/C20H19N5O3/c21-19(27)17-11-13-5-1-2-6-14(13)12-24(17)18(26)9-10-25-20(28)15-7-3-4-8-16(15)22-23-25/h1-8,17H,9-12H2,(H2,21,27)/t17-/m1/s1. The summed E-state index contributed by atoms with van der Waals surface area (Å²) in [7, 11) is 0. The zero-order valence-electron chi connectivity index (χ0n) is 15.1. The lowest BCUT2D eigenvalue weighted by atomic mass is 9.93. The van der Waals surface area contributed by atoms with E-state index in [1.54, 1.807) is 24.3 Å². The Kier molecular flexibility index (Phi) is 4.60. The number of hydrogen-bond acceptors (Lipinski definition) is 5. The molecular formula is C20H19N5O3. The van der Waals surface area contributed by atoms with E-state index < -0.39 is 11.9 Å². The highest BCUT2D eigenvalue weighted by Crippen LogP contribution is 2.24. The predicted molar refractivity (Wildman–Crippen MR) is 102 cm³/mol. The van der Waals surface area contributed by atoms with Crippen LogP contribution in [-0.4, -0.2) is 37.7 Å². The topological polar surface area (TPSA) is 111 Å². The first-order chi connectivity index (χ1) is 13.5. The highest BCUT2D eigenvalue weighted by Gasteiger charge is 2.33. The molecule has 0 radical (unpaired) electrons. The summed E-state index contributed by atoms with van der Waals surface area (Å²) < 4.78 is 1.18. The molecule has 0 saturated carbocycles. The number of carbonyl (C=O) groups excluding carboxylic acids is 2. The summed E-state index contributed by atoms with van der Waals surface area (Å²) in [4.78, 5) is 38.7. The lowest BCUT2D eigenvalue weighted by Gasteiger charge is -2.35. The number of aryl methyl sites for hydroxylation is 1. The number of hydrogen-bond donors (Lipinski definition) is 1. The van der Waals surface area contributed by atoms with Gasteiger partial charge in [0.25, 0.3) is 5.56 Å². The van der Waals surface area contributed by atoms with E-state index in [9.17, 15) is 14.4 Å². The van der Waals surface area contributed by atoms with Gasteiger partial charge in [-0.1, -0.05) is 41.6 Å². The number of rotatable bonds is 4. The fourth-order valence-electron chi connectivity index (χ4n) is 3.55. The van der Waals surface area contributed by atoms with Crippen molar-refractivity contribution in [3.05, 3.63) is 70.0 Å². The van der Waals surface area contributed by atoms with E-state index >= 15 is 0 Å². The van der Waals surface area contributed by atoms with Crippen LogP contribution in [0.5, 0.6) is 0 Å². The summed E-state index contributed by atoms with van der Waals surface area (Å²) in [5, 5.41) is 8.38. The van der Waals surface area contributed by atoms with Gasteiger partial charge in [0.1, 0.15) is 11.6 Å². The average molecular weight is 377 g/mol. The second-order valence-corrected chi connectivity index (χ2v) is 6.80. The Morgan fingerprint density at radius 3 is 2.57 bits per heavy atom. The SMILES string of the molecule is NC(=O)[C@H]1Cc2ccccc2CN1C(=O)CCn1nnc2ccccc2c1=O. The highest BCUT2D eigenvalue weighted by molar-refractivity contribution is 5.87. The minimum absolute atomic E-state index is 0.0267. The van der Waals surface area contributed by atoms with Gasteiger partial charge in [0, 0.05) is 19.4 Å². The summed E-state index contributed by atoms with van der Waals surface area (Å²) in [5.41, 5.74) is 7.77. The summed E-state index contributed by atoms with van der Waals surface area (Å²) >= 11 is 0. The zero-order valence-corrected chi connectivity index (χ0v) is 15.1. The quantitative estimate of drug-likeness (QED) is 0.716. The molecule has 4 rings (SSSR count). The van der Waals surface area contributed by atoms with Gasteiger partial charge in [0.2, 0.25) is 11.8 Å². The van der Waals surface area contributed by atoms with Crippen LogP contribution in [-0.2, 0) is 29.1 Å². The Bertz CT molecular complexity index is 1120. The molecular weight excluding hydrogens is 358 g/mol. The Labute approximate surface area is 160 Å². The van der Waals surface area contributed by atoms with E-state index in [4.69, 9.17) is 5.73 Å². The van der Waals surface area contributed by atoms with Gasteiger partial charge in [-0.3, -0.25) is 14.4 Å². The van der Waals surface area contributed by atoms with Crippen LogP contribution < -0.4 is 11.3 Å². The molecule has 0 bridgehead atoms. The number of nitrogens with zero attached hydrogens (tertiary/aromatic N) is 4. The van der Waals surface area contributed by atoms with Gasteiger partial charge < -0.3 is 10.6 Å². The van der Waals surface area contributed by atoms with Crippen molar-refractivity contribution >= 4 is 22.7 Å². The molecule has 2 N–H and O–H groups in total. The fraction of sp³-hybridized carbons (Fsp3) is 0.250. The van der Waals surface area contributed by atoms with Gasteiger partial charge >= 0.3 is 0 Å². The molecule has 1 aliphatic rings. The Morgan fingerprint density at radius 1 is 1.07 bits per heavy atom. The van der Waals surface area contributed by atoms with Gasteiger partial charge in [-0.15, -0.1) is 5.10 Å². The lowest BCUT2D eigenvalue weighted by molar-refractivity contribution is -0.140. The normalized spacial score (nSPS) is 16.0. The monoisotopic (exact) mass is 377 g/mol. The minimum atomic E-state index is -0.693. The molecule has 0 unspecified atom stereocenters. The first kappa shape index (κ1) is 17.8. The van der Waals surface area contributed by atoms with Crippen molar-refractivity contribution in [2.24, 2.45) is 5.73 Å². The van der Waals surface area contributed by atoms with Crippen molar-refractivity contribution in [2.75, 3.05) is 0 Å². The molecule has 2 aromatic carbocycles. The summed E-state index contributed by atoms with van der Waals surface area (Å²) in [5.74, 6) is -0.786. The highest BCUT2D eigenvalue weighted by atomic mass is 16.2. The Hall–Kier alpha value is -3.55. The first-order valence-corrected chi connectivity index (χ1v) is 9.02. The number of primary amides is 1. The lowest BCUT2D eigenvalue weighted by Crippen LogP contribution is -2.51. The molecule has 1 aromatic heterocycles. The van der Waals surface area contributed by atoms with Crippen molar-refractivity contribution in [3.8, 4) is 0 Å². The van der Waals surface area contributed by atoms with E-state index in [0.29, 0.717) is 23.9 Å². The van der Waals surface area contributed by atoms with Gasteiger partial charge in [-0.25, -0.2) is 4.68 Å². The Balaban J connectivity index is 1.54. The molecule has 0 saturated heterocycles. The molecule has 8 heteroatoms. The summed E-state index contributed by atoms with van der Waals surface area (Å²) in [6.07, 6.45) is 0.422. The predicted octanol–water partition coefficient (Wildman–Crippen LogP) is 0.620. The van der Waals surface area contributed by atoms with E-state index in [-0.39, 0.29) is 24.4 Å². The second kappa shape index (κ2) is 7.22. The van der Waals surface area contributed by atoms with Crippen molar-refractivity contribution in [1.82, 2.24) is 19.9 Å². The van der Waals surface area contributed by atoms with Gasteiger partial charge in [0.15, 0.2) is 0 Å². The first-order valence-electron chi connectivity index (χ1n) is 9.02. The van der Waals surface area contributed by atoms with Gasteiger partial charge in [-0.05, 0) is 23.3 Å². The molecule has 1 aliphatic heterocycles. The van der Waals surface area contributed by atoms with Crippen molar-refractivity contribution in [2.45, 2.75) is 32.0 Å². The number of fused-ring (bicyclic) bond motifs is 2. The van der Waals surface area contributed by atoms with Crippen molar-refractivity contribution in [1.29, 1.82) is 0 Å². The third-order valence-electron chi connectivity index (χ3n) is 5.06. The largest absolute Gasteiger partial charge is 0.368 e. The number of amides is 2. The average Bonchev–Trinajstić information content (AvgIpc) is 2.72. The van der Waals surface area contributed by atoms with E-state index in [0.717, 1.165) is 11.1 Å². The smallest absolute Gasteiger partial charge is 0.277 e. The molecule has 142 valence electrons. The third kappa shape index (κ3) is 3.24. The van der Waals surface area contributed by atoms with E-state index in [1.165, 1.54) is 9.58 Å². The third-order valence-corrected chi connectivity index (χ3v) is 5.06. The summed E-state index contributed by atoms with van der Waals surface area (Å²) in [6.45, 7) is 0.403. The molecule has 0 spiro atoms. The van der Waals surface area contributed by atoms with Crippen LogP contribution in [0, 0.1) is 0 Å². The molecule has 3 aromatic rings. The van der Waals surface area contributed by atoms with Gasteiger partial charge in [-0.2, -0.15) is 0 Å². The fourth-order valence-corrected chi connectivity index (χ4v) is 3.55. The maximum atomic E-state index is 12.8. The number of benzene rings is 2. The van der Waals surface area contributed by atoms with Crippen LogP contribution in [0.2, 0.25) is 0 Å². The van der Waals surface area contributed by atoms with E-state index in [1.807, 2.05) is 24.3 Å². The molecule has 0 fully saturated rings. The van der Waals surface area contributed by atoms with Crippen LogP contribution in [0.3, 0.4) is 0 Å². The van der Waals surface area contributed by atoms with Crippen LogP contribution in [0.25, 0.3) is 10.9 Å². The summed E-state index contributed by atoms with van der Waals surface area (Å²) in [6, 6.07) is 13.9. The molecule has 2 amide bonds. The van der Waals surface area contributed by atoms with Crippen LogP contribution in [0.4, 0.5) is 0 Å². The number of carbonyl (C=O) groups is 2. The Morgan fingerprint density at radius 2 is 1.79 bits per heavy atom. The molecule has 28 heavy (non-hydrogen) atoms. The maximum Gasteiger partial charge on any atom is 0.277 e. The van der Waals surface area contributed by atoms with Crippen LogP contribution in [0.15, 0.2) is 53.3 Å². The molecule has 0 aliphatic carbocycles. The van der Waals surface area contributed by atoms with Gasteiger partial charge in [0.05, 0.1) is 11.9 Å². The van der Waals surface area contributed by atoms with Crippen LogP contribution in [0.1, 0.15) is 17.5 Å². The maximum absolute atomic E-state index is 12.8. The second-order valence-electron chi connectivity index (χ2n) is 6.80. The molecule has 2 heterocycles. The van der Waals surface area contributed by atoms with E-state index in [2.05, 4.69) is 10.3 Å². The molecule has 1 atom stereocenters. The number of aromatic nitrogens is 3. The minimum Gasteiger partial charge on any atom is -0.368 e. The van der Waals surface area contributed by atoms with Crippen molar-refractivity contribution < 1.29 is 9.59 Å².